The van der Waals surface area contributed by atoms with E-state index in [2.05, 4.69) is 48.2 Å². The molecule has 0 saturated heterocycles. The largest absolute Gasteiger partial charge is 0.362 e. The molecular weight excluding hydrogens is 246 g/mol. The summed E-state index contributed by atoms with van der Waals surface area (Å²) < 4.78 is 1.87. The van der Waals surface area contributed by atoms with E-state index in [1.165, 1.54) is 22.4 Å². The van der Waals surface area contributed by atoms with Gasteiger partial charge in [0.05, 0.1) is 11.9 Å². The normalized spacial score (nSPS) is 17.2. The first-order chi connectivity index (χ1) is 9.65. The Morgan fingerprint density at radius 1 is 1.25 bits per heavy atom. The molecule has 1 aromatic heterocycles. The van der Waals surface area contributed by atoms with Crippen LogP contribution in [0.5, 0.6) is 0 Å². The van der Waals surface area contributed by atoms with Crippen molar-refractivity contribution in [2.75, 3.05) is 4.90 Å². The molecule has 2 heterocycles. The highest BCUT2D eigenvalue weighted by Crippen LogP contribution is 2.29. The summed E-state index contributed by atoms with van der Waals surface area (Å²) in [5.74, 6) is 0. The number of hydrogen-bond acceptors (Lipinski definition) is 2. The van der Waals surface area contributed by atoms with Gasteiger partial charge in [-0.15, -0.1) is 0 Å². The Bertz CT molecular complexity index is 571. The van der Waals surface area contributed by atoms with Crippen molar-refractivity contribution in [2.45, 2.75) is 46.7 Å². The molecule has 0 aliphatic carbocycles. The Labute approximate surface area is 122 Å². The molecule has 1 aliphatic rings. The summed E-state index contributed by atoms with van der Waals surface area (Å²) in [5, 5.41) is 4.27. The fourth-order valence-electron chi connectivity index (χ4n) is 2.85. The van der Waals surface area contributed by atoms with Crippen molar-refractivity contribution < 1.29 is 0 Å². The molecule has 3 rings (SSSR count). The Hall–Kier alpha value is -1.77. The van der Waals surface area contributed by atoms with E-state index in [0.717, 1.165) is 13.0 Å². The molecule has 3 nitrogen and oxygen atoms in total. The van der Waals surface area contributed by atoms with Crippen molar-refractivity contribution in [1.29, 1.82) is 0 Å². The van der Waals surface area contributed by atoms with Crippen molar-refractivity contribution in [3.05, 3.63) is 47.3 Å². The van der Waals surface area contributed by atoms with Crippen molar-refractivity contribution in [1.82, 2.24) is 9.78 Å². The zero-order valence-corrected chi connectivity index (χ0v) is 13.2. The summed E-state index contributed by atoms with van der Waals surface area (Å²) in [6, 6.07) is 7.15. The predicted octanol–water partition coefficient (Wildman–Crippen LogP) is 3.71. The highest BCUT2D eigenvalue weighted by atomic mass is 15.3. The van der Waals surface area contributed by atoms with E-state index >= 15 is 0 Å². The molecule has 3 heteroatoms. The topological polar surface area (TPSA) is 21.1 Å². The molecule has 0 spiro atoms. The molecular formula is C17H25N3. The summed E-state index contributed by atoms with van der Waals surface area (Å²) in [6.45, 7) is 9.50. The third-order valence-electron chi connectivity index (χ3n) is 3.90. The molecule has 1 unspecified atom stereocenters. The number of benzene rings is 1. The standard InChI is InChI=1S/C15H19N3.C2H6/c1-11-5-4-6-13-9-18(12(2)7-15(11)13)14-8-16-17(3)10-14;1-2/h4-6,8,10,12H,7,9H2,1-3H3;1-2H3. The molecule has 0 N–H and O–H groups in total. The molecule has 2 aromatic rings. The van der Waals surface area contributed by atoms with Crippen LogP contribution in [0.2, 0.25) is 0 Å². The molecule has 0 radical (unpaired) electrons. The van der Waals surface area contributed by atoms with E-state index in [-0.39, 0.29) is 0 Å². The van der Waals surface area contributed by atoms with Gasteiger partial charge in [0.25, 0.3) is 0 Å². The minimum atomic E-state index is 0.530. The van der Waals surface area contributed by atoms with Gasteiger partial charge in [0.1, 0.15) is 0 Å². The summed E-state index contributed by atoms with van der Waals surface area (Å²) in [4.78, 5) is 2.44. The number of fused-ring (bicyclic) bond motifs is 1. The van der Waals surface area contributed by atoms with Crippen LogP contribution in [0.3, 0.4) is 0 Å². The number of anilines is 1. The monoisotopic (exact) mass is 271 g/mol. The lowest BCUT2D eigenvalue weighted by Crippen LogP contribution is -2.38. The SMILES string of the molecule is CC.Cc1cccc2c1CC(C)N(c1cnn(C)c1)C2. The number of aromatic nitrogens is 2. The van der Waals surface area contributed by atoms with E-state index in [4.69, 9.17) is 0 Å². The quantitative estimate of drug-likeness (QED) is 0.788. The zero-order valence-electron chi connectivity index (χ0n) is 13.2. The van der Waals surface area contributed by atoms with Crippen LogP contribution < -0.4 is 4.90 Å². The fourth-order valence-corrected chi connectivity index (χ4v) is 2.85. The van der Waals surface area contributed by atoms with Crippen LogP contribution in [-0.2, 0) is 20.0 Å². The van der Waals surface area contributed by atoms with Crippen molar-refractivity contribution in [3.8, 4) is 0 Å². The van der Waals surface area contributed by atoms with Gasteiger partial charge < -0.3 is 4.90 Å². The van der Waals surface area contributed by atoms with E-state index in [1.807, 2.05) is 31.8 Å². The lowest BCUT2D eigenvalue weighted by Gasteiger charge is -2.36. The van der Waals surface area contributed by atoms with Crippen molar-refractivity contribution in [3.63, 3.8) is 0 Å². The maximum atomic E-state index is 4.27. The summed E-state index contributed by atoms with van der Waals surface area (Å²) >= 11 is 0. The van der Waals surface area contributed by atoms with E-state index in [1.54, 1.807) is 0 Å². The summed E-state index contributed by atoms with van der Waals surface area (Å²) in [7, 11) is 1.97. The molecule has 1 atom stereocenters. The second kappa shape index (κ2) is 6.12. The maximum absolute atomic E-state index is 4.27. The fraction of sp³-hybridized carbons (Fsp3) is 0.471. The first-order valence-electron chi connectivity index (χ1n) is 7.48. The van der Waals surface area contributed by atoms with Gasteiger partial charge in [0, 0.05) is 25.8 Å². The minimum Gasteiger partial charge on any atom is -0.362 e. The highest BCUT2D eigenvalue weighted by Gasteiger charge is 2.24. The van der Waals surface area contributed by atoms with E-state index in [9.17, 15) is 0 Å². The molecule has 0 amide bonds. The summed E-state index contributed by atoms with van der Waals surface area (Å²) in [6.07, 6.45) is 5.17. The van der Waals surface area contributed by atoms with Gasteiger partial charge in [-0.05, 0) is 37.0 Å². The van der Waals surface area contributed by atoms with Gasteiger partial charge in [-0.2, -0.15) is 5.10 Å². The molecule has 0 fully saturated rings. The lowest BCUT2D eigenvalue weighted by atomic mass is 9.91. The van der Waals surface area contributed by atoms with Crippen LogP contribution in [0.1, 0.15) is 37.5 Å². The van der Waals surface area contributed by atoms with Crippen LogP contribution in [0, 0.1) is 6.92 Å². The van der Waals surface area contributed by atoms with Crippen molar-refractivity contribution in [2.24, 2.45) is 7.05 Å². The number of hydrogen-bond donors (Lipinski definition) is 0. The van der Waals surface area contributed by atoms with Gasteiger partial charge in [-0.25, -0.2) is 0 Å². The molecule has 20 heavy (non-hydrogen) atoms. The second-order valence-electron chi connectivity index (χ2n) is 5.27. The Kier molecular flexibility index (Phi) is 4.48. The van der Waals surface area contributed by atoms with Crippen LogP contribution >= 0.6 is 0 Å². The van der Waals surface area contributed by atoms with Crippen LogP contribution in [0.25, 0.3) is 0 Å². The molecule has 108 valence electrons. The lowest BCUT2D eigenvalue weighted by molar-refractivity contribution is 0.591. The van der Waals surface area contributed by atoms with Gasteiger partial charge in [0.15, 0.2) is 0 Å². The third-order valence-corrected chi connectivity index (χ3v) is 3.90. The van der Waals surface area contributed by atoms with Gasteiger partial charge in [-0.1, -0.05) is 32.0 Å². The Morgan fingerprint density at radius 2 is 2.00 bits per heavy atom. The first-order valence-corrected chi connectivity index (χ1v) is 7.48. The first kappa shape index (κ1) is 14.6. The second-order valence-corrected chi connectivity index (χ2v) is 5.27. The van der Waals surface area contributed by atoms with E-state index < -0.39 is 0 Å². The Morgan fingerprint density at radius 3 is 2.65 bits per heavy atom. The van der Waals surface area contributed by atoms with Gasteiger partial charge >= 0.3 is 0 Å². The Balaban J connectivity index is 0.000000704. The van der Waals surface area contributed by atoms with Crippen LogP contribution in [-0.4, -0.2) is 15.8 Å². The number of aryl methyl sites for hydroxylation is 2. The average Bonchev–Trinajstić information content (AvgIpc) is 2.88. The summed E-state index contributed by atoms with van der Waals surface area (Å²) in [5.41, 5.74) is 5.63. The van der Waals surface area contributed by atoms with Crippen LogP contribution in [0.4, 0.5) is 5.69 Å². The molecule has 1 aliphatic heterocycles. The zero-order chi connectivity index (χ0) is 14.7. The van der Waals surface area contributed by atoms with Crippen molar-refractivity contribution >= 4 is 5.69 Å². The number of nitrogens with zero attached hydrogens (tertiary/aromatic N) is 3. The smallest absolute Gasteiger partial charge is 0.0757 e. The molecule has 0 saturated carbocycles. The molecule has 1 aromatic carbocycles. The minimum absolute atomic E-state index is 0.530. The average molecular weight is 271 g/mol. The molecule has 0 bridgehead atoms. The third kappa shape index (κ3) is 2.72. The van der Waals surface area contributed by atoms with Crippen LogP contribution in [0.15, 0.2) is 30.6 Å². The van der Waals surface area contributed by atoms with Gasteiger partial charge in [-0.3, -0.25) is 4.68 Å². The maximum Gasteiger partial charge on any atom is 0.0757 e. The highest BCUT2D eigenvalue weighted by molar-refractivity contribution is 5.49. The predicted molar refractivity (Wildman–Crippen MR) is 85.1 cm³/mol. The number of rotatable bonds is 1. The van der Waals surface area contributed by atoms with E-state index in [0.29, 0.717) is 6.04 Å². The van der Waals surface area contributed by atoms with Gasteiger partial charge in [0.2, 0.25) is 0 Å².